The molecule has 0 aromatic heterocycles. The molecular weight excluding hydrogens is 328 g/mol. The van der Waals surface area contributed by atoms with E-state index in [4.69, 9.17) is 5.73 Å². The van der Waals surface area contributed by atoms with Gasteiger partial charge in [0, 0.05) is 26.7 Å². The minimum Gasteiger partial charge on any atom is -0.399 e. The molecule has 0 saturated carbocycles. The summed E-state index contributed by atoms with van der Waals surface area (Å²) in [5.41, 5.74) is 6.88. The summed E-state index contributed by atoms with van der Waals surface area (Å²) in [6.45, 7) is 2.09. The van der Waals surface area contributed by atoms with Gasteiger partial charge < -0.3 is 11.1 Å². The molecule has 6 heteroatoms. The maximum absolute atomic E-state index is 11.7. The molecule has 0 fully saturated rings. The first-order valence-electron chi connectivity index (χ1n) is 6.22. The number of benzene rings is 1. The maximum atomic E-state index is 11.7. The van der Waals surface area contributed by atoms with Crippen LogP contribution in [0.1, 0.15) is 26.2 Å². The number of carbonyl (C=O) groups excluding carboxylic acids is 1. The van der Waals surface area contributed by atoms with Gasteiger partial charge in [-0.05, 0) is 40.5 Å². The molecule has 19 heavy (non-hydrogen) atoms. The third-order valence-electron chi connectivity index (χ3n) is 2.53. The van der Waals surface area contributed by atoms with Gasteiger partial charge in [-0.25, -0.2) is 0 Å². The maximum Gasteiger partial charge on any atom is 0.237 e. The normalized spacial score (nSPS) is 12.1. The van der Waals surface area contributed by atoms with Crippen LogP contribution in [0.25, 0.3) is 0 Å². The fraction of sp³-hybridized carbons (Fsp3) is 0.462. The van der Waals surface area contributed by atoms with Gasteiger partial charge in [0.2, 0.25) is 5.91 Å². The van der Waals surface area contributed by atoms with Crippen molar-refractivity contribution in [3.05, 3.63) is 22.7 Å². The number of hydrogen-bond acceptors (Lipinski definition) is 3. The van der Waals surface area contributed by atoms with Crippen LogP contribution < -0.4 is 11.1 Å². The fourth-order valence-electron chi connectivity index (χ4n) is 1.55. The van der Waals surface area contributed by atoms with Crippen molar-refractivity contribution in [3.8, 4) is 0 Å². The number of carbonyl (C=O) groups is 1. The summed E-state index contributed by atoms with van der Waals surface area (Å²) in [5.74, 6) is 0.394. The van der Waals surface area contributed by atoms with Crippen molar-refractivity contribution in [2.45, 2.75) is 26.2 Å². The van der Waals surface area contributed by atoms with Crippen molar-refractivity contribution >= 4 is 44.0 Å². The lowest BCUT2D eigenvalue weighted by Crippen LogP contribution is -2.21. The zero-order valence-electron chi connectivity index (χ0n) is 10.9. The fourth-order valence-corrected chi connectivity index (χ4v) is 3.08. The van der Waals surface area contributed by atoms with Gasteiger partial charge in [-0.3, -0.25) is 9.00 Å². The van der Waals surface area contributed by atoms with E-state index in [2.05, 4.69) is 28.2 Å². The number of nitrogen functional groups attached to an aromatic ring is 1. The smallest absolute Gasteiger partial charge is 0.237 e. The van der Waals surface area contributed by atoms with E-state index in [1.807, 2.05) is 0 Å². The highest BCUT2D eigenvalue weighted by Crippen LogP contribution is 2.24. The standard InChI is InChI=1S/C13H19BrN2O2S/c1-2-3-4-7-19(18)9-13(17)16-12-6-5-10(15)8-11(12)14/h5-6,8H,2-4,7,9,15H2,1H3,(H,16,17). The van der Waals surface area contributed by atoms with E-state index in [0.29, 0.717) is 17.1 Å². The van der Waals surface area contributed by atoms with Gasteiger partial charge in [0.05, 0.1) is 5.69 Å². The molecule has 0 bridgehead atoms. The molecule has 4 nitrogen and oxygen atoms in total. The second-order valence-corrected chi connectivity index (χ2v) is 6.71. The molecule has 106 valence electrons. The summed E-state index contributed by atoms with van der Waals surface area (Å²) < 4.78 is 12.4. The first kappa shape index (κ1) is 16.2. The van der Waals surface area contributed by atoms with Crippen molar-refractivity contribution in [1.29, 1.82) is 0 Å². The minimum absolute atomic E-state index is 0.0422. The number of anilines is 2. The molecule has 0 radical (unpaired) electrons. The second-order valence-electron chi connectivity index (χ2n) is 4.28. The predicted molar refractivity (Wildman–Crippen MR) is 84.6 cm³/mol. The SMILES string of the molecule is CCCCCS(=O)CC(=O)Nc1ccc(N)cc1Br. The Morgan fingerprint density at radius 3 is 2.79 bits per heavy atom. The van der Waals surface area contributed by atoms with Crippen LogP contribution >= 0.6 is 15.9 Å². The average molecular weight is 347 g/mol. The number of nitrogens with two attached hydrogens (primary N) is 1. The molecule has 0 saturated heterocycles. The lowest BCUT2D eigenvalue weighted by Gasteiger charge is -2.08. The molecule has 1 amide bonds. The van der Waals surface area contributed by atoms with E-state index in [-0.39, 0.29) is 11.7 Å². The van der Waals surface area contributed by atoms with Gasteiger partial charge in [-0.1, -0.05) is 19.8 Å². The van der Waals surface area contributed by atoms with Crippen LogP contribution in [-0.2, 0) is 15.6 Å². The lowest BCUT2D eigenvalue weighted by molar-refractivity contribution is -0.113. The van der Waals surface area contributed by atoms with E-state index in [1.165, 1.54) is 0 Å². The van der Waals surface area contributed by atoms with Gasteiger partial charge in [0.1, 0.15) is 5.75 Å². The molecule has 1 aromatic rings. The molecule has 0 heterocycles. The first-order chi connectivity index (χ1) is 9.02. The van der Waals surface area contributed by atoms with Gasteiger partial charge in [-0.15, -0.1) is 0 Å². The number of nitrogens with one attached hydrogen (secondary N) is 1. The summed E-state index contributed by atoms with van der Waals surface area (Å²) in [7, 11) is -1.09. The highest BCUT2D eigenvalue weighted by Gasteiger charge is 2.09. The van der Waals surface area contributed by atoms with Crippen LogP contribution in [0.15, 0.2) is 22.7 Å². The number of unbranched alkanes of at least 4 members (excludes halogenated alkanes) is 2. The Hall–Kier alpha value is -0.880. The van der Waals surface area contributed by atoms with Crippen molar-refractivity contribution in [2.75, 3.05) is 22.6 Å². The van der Waals surface area contributed by atoms with E-state index < -0.39 is 10.8 Å². The molecule has 1 aromatic carbocycles. The Labute approximate surface area is 124 Å². The zero-order valence-corrected chi connectivity index (χ0v) is 13.4. The monoisotopic (exact) mass is 346 g/mol. The molecule has 3 N–H and O–H groups in total. The van der Waals surface area contributed by atoms with Crippen LogP contribution in [0.3, 0.4) is 0 Å². The number of hydrogen-bond donors (Lipinski definition) is 2. The number of amides is 1. The largest absolute Gasteiger partial charge is 0.399 e. The summed E-state index contributed by atoms with van der Waals surface area (Å²) >= 11 is 3.32. The highest BCUT2D eigenvalue weighted by atomic mass is 79.9. The molecule has 1 atom stereocenters. The van der Waals surface area contributed by atoms with Crippen LogP contribution in [0.2, 0.25) is 0 Å². The topological polar surface area (TPSA) is 72.2 Å². The second kappa shape index (κ2) is 8.32. The van der Waals surface area contributed by atoms with Crippen molar-refractivity contribution in [1.82, 2.24) is 0 Å². The van der Waals surface area contributed by atoms with Crippen LogP contribution in [-0.4, -0.2) is 21.6 Å². The van der Waals surface area contributed by atoms with E-state index >= 15 is 0 Å². The molecule has 1 unspecified atom stereocenters. The number of halogens is 1. The number of rotatable bonds is 7. The molecule has 0 spiro atoms. The third-order valence-corrected chi connectivity index (χ3v) is 4.52. The minimum atomic E-state index is -1.09. The van der Waals surface area contributed by atoms with E-state index in [9.17, 15) is 9.00 Å². The van der Waals surface area contributed by atoms with Crippen molar-refractivity contribution in [3.63, 3.8) is 0 Å². The quantitative estimate of drug-likeness (QED) is 0.588. The molecule has 0 aliphatic heterocycles. The summed E-state index contributed by atoms with van der Waals surface area (Å²) in [4.78, 5) is 11.7. The van der Waals surface area contributed by atoms with Gasteiger partial charge >= 0.3 is 0 Å². The predicted octanol–water partition coefficient (Wildman–Crippen LogP) is 2.91. The van der Waals surface area contributed by atoms with E-state index in [1.54, 1.807) is 18.2 Å². The van der Waals surface area contributed by atoms with Gasteiger partial charge in [0.15, 0.2) is 0 Å². The van der Waals surface area contributed by atoms with Gasteiger partial charge in [-0.2, -0.15) is 0 Å². The first-order valence-corrected chi connectivity index (χ1v) is 8.51. The van der Waals surface area contributed by atoms with Crippen LogP contribution in [0.4, 0.5) is 11.4 Å². The Balaban J connectivity index is 2.44. The summed E-state index contributed by atoms with van der Waals surface area (Å²) in [5, 5.41) is 2.72. The lowest BCUT2D eigenvalue weighted by atomic mass is 10.3. The van der Waals surface area contributed by atoms with Crippen molar-refractivity contribution < 1.29 is 9.00 Å². The Kier molecular flexibility index (Phi) is 7.09. The molecule has 0 aliphatic rings. The Bertz CT molecular complexity index is 466. The van der Waals surface area contributed by atoms with Gasteiger partial charge in [0.25, 0.3) is 0 Å². The highest BCUT2D eigenvalue weighted by molar-refractivity contribution is 9.10. The summed E-state index contributed by atoms with van der Waals surface area (Å²) in [6.07, 6.45) is 3.04. The van der Waals surface area contributed by atoms with Crippen LogP contribution in [0, 0.1) is 0 Å². The third kappa shape index (κ3) is 6.20. The van der Waals surface area contributed by atoms with E-state index in [0.717, 1.165) is 23.7 Å². The Morgan fingerprint density at radius 1 is 1.42 bits per heavy atom. The zero-order chi connectivity index (χ0) is 14.3. The molecular formula is C13H19BrN2O2S. The molecule has 0 aliphatic carbocycles. The Morgan fingerprint density at radius 2 is 2.16 bits per heavy atom. The van der Waals surface area contributed by atoms with Crippen LogP contribution in [0.5, 0.6) is 0 Å². The van der Waals surface area contributed by atoms with Crippen molar-refractivity contribution in [2.24, 2.45) is 0 Å². The average Bonchev–Trinajstić information content (AvgIpc) is 2.33. The summed E-state index contributed by atoms with van der Waals surface area (Å²) in [6, 6.07) is 5.14. The molecule has 1 rings (SSSR count).